The molecule has 0 aliphatic carbocycles. The van der Waals surface area contributed by atoms with E-state index in [1.165, 1.54) is 28.3 Å². The van der Waals surface area contributed by atoms with Crippen molar-refractivity contribution in [1.29, 1.82) is 0 Å². The summed E-state index contributed by atoms with van der Waals surface area (Å²) in [6.45, 7) is 4.56. The Bertz CT molecular complexity index is 1050. The molecular weight excluding hydrogens is 374 g/mol. The fourth-order valence-corrected chi connectivity index (χ4v) is 4.52. The van der Waals surface area contributed by atoms with E-state index in [-0.39, 0.29) is 11.6 Å². The molecule has 4 rings (SSSR count). The summed E-state index contributed by atoms with van der Waals surface area (Å²) in [5.41, 5.74) is 0.858. The lowest BCUT2D eigenvalue weighted by molar-refractivity contribution is 0.0776. The first-order valence-electron chi connectivity index (χ1n) is 9.46. The second kappa shape index (κ2) is 7.71. The topological polar surface area (TPSA) is 70.8 Å². The SMILES string of the molecule is C[C@@H]1CCCN(c2nn3c(C(=O)N(C)Cc4ccccc4)cc(=O)nc3s2)C1. The van der Waals surface area contributed by atoms with Crippen molar-refractivity contribution < 1.29 is 4.79 Å². The number of nitrogens with zero attached hydrogens (tertiary/aromatic N) is 5. The number of amides is 1. The molecule has 0 spiro atoms. The van der Waals surface area contributed by atoms with E-state index in [1.54, 1.807) is 11.9 Å². The van der Waals surface area contributed by atoms with Gasteiger partial charge >= 0.3 is 0 Å². The van der Waals surface area contributed by atoms with Crippen LogP contribution in [0.5, 0.6) is 0 Å². The van der Waals surface area contributed by atoms with Crippen LogP contribution in [0.3, 0.4) is 0 Å². The number of benzene rings is 1. The van der Waals surface area contributed by atoms with E-state index in [2.05, 4.69) is 21.9 Å². The summed E-state index contributed by atoms with van der Waals surface area (Å²) < 4.78 is 1.52. The minimum absolute atomic E-state index is 0.248. The lowest BCUT2D eigenvalue weighted by atomic mass is 10.0. The van der Waals surface area contributed by atoms with Gasteiger partial charge in [0.25, 0.3) is 11.5 Å². The molecule has 1 fully saturated rings. The minimum atomic E-state index is -0.418. The van der Waals surface area contributed by atoms with Gasteiger partial charge in [0.2, 0.25) is 10.1 Å². The Morgan fingerprint density at radius 1 is 1.32 bits per heavy atom. The van der Waals surface area contributed by atoms with Gasteiger partial charge < -0.3 is 9.80 Å². The zero-order valence-electron chi connectivity index (χ0n) is 16.0. The van der Waals surface area contributed by atoms with Crippen molar-refractivity contribution in [3.05, 3.63) is 58.0 Å². The molecule has 1 aliphatic rings. The first-order valence-corrected chi connectivity index (χ1v) is 10.3. The van der Waals surface area contributed by atoms with E-state index in [0.717, 1.165) is 30.2 Å². The third-order valence-electron chi connectivity index (χ3n) is 5.00. The molecule has 0 saturated carbocycles. The smallest absolute Gasteiger partial charge is 0.274 e. The highest BCUT2D eigenvalue weighted by Gasteiger charge is 2.23. The fourth-order valence-electron chi connectivity index (χ4n) is 3.57. The van der Waals surface area contributed by atoms with Gasteiger partial charge in [0.05, 0.1) is 0 Å². The van der Waals surface area contributed by atoms with Gasteiger partial charge in [-0.3, -0.25) is 9.59 Å². The molecule has 0 N–H and O–H groups in total. The van der Waals surface area contributed by atoms with Crippen molar-refractivity contribution in [1.82, 2.24) is 19.5 Å². The van der Waals surface area contributed by atoms with Crippen LogP contribution in [0.25, 0.3) is 4.96 Å². The highest BCUT2D eigenvalue weighted by molar-refractivity contribution is 7.20. The van der Waals surface area contributed by atoms with Crippen LogP contribution in [-0.4, -0.2) is 45.5 Å². The zero-order valence-corrected chi connectivity index (χ0v) is 16.9. The lowest BCUT2D eigenvalue weighted by Gasteiger charge is -2.30. The van der Waals surface area contributed by atoms with Crippen molar-refractivity contribution in [2.45, 2.75) is 26.3 Å². The molecule has 7 nitrogen and oxygen atoms in total. The average molecular weight is 398 g/mol. The Hall–Kier alpha value is -2.74. The predicted molar refractivity (Wildman–Crippen MR) is 110 cm³/mol. The van der Waals surface area contributed by atoms with Gasteiger partial charge in [0.15, 0.2) is 0 Å². The van der Waals surface area contributed by atoms with E-state index in [9.17, 15) is 9.59 Å². The summed E-state index contributed by atoms with van der Waals surface area (Å²) in [6.07, 6.45) is 2.33. The van der Waals surface area contributed by atoms with Crippen molar-refractivity contribution >= 4 is 27.3 Å². The highest BCUT2D eigenvalue weighted by atomic mass is 32.1. The maximum atomic E-state index is 13.0. The monoisotopic (exact) mass is 397 g/mol. The number of rotatable bonds is 4. The van der Waals surface area contributed by atoms with Gasteiger partial charge in [0.1, 0.15) is 5.69 Å². The maximum absolute atomic E-state index is 13.0. The largest absolute Gasteiger partial charge is 0.346 e. The van der Waals surface area contributed by atoms with Gasteiger partial charge in [-0.15, -0.1) is 5.10 Å². The van der Waals surface area contributed by atoms with Crippen LogP contribution in [0.2, 0.25) is 0 Å². The molecule has 1 amide bonds. The van der Waals surface area contributed by atoms with Gasteiger partial charge in [-0.25, -0.2) is 0 Å². The van der Waals surface area contributed by atoms with Crippen LogP contribution in [0, 0.1) is 5.92 Å². The molecular formula is C20H23N5O2S. The summed E-state index contributed by atoms with van der Waals surface area (Å²) >= 11 is 1.36. The summed E-state index contributed by atoms with van der Waals surface area (Å²) in [4.78, 5) is 33.5. The molecule has 1 aromatic carbocycles. The first-order chi connectivity index (χ1) is 13.5. The molecule has 1 aliphatic heterocycles. The molecule has 3 heterocycles. The van der Waals surface area contributed by atoms with Crippen molar-refractivity contribution in [3.8, 4) is 0 Å². The van der Waals surface area contributed by atoms with Gasteiger partial charge in [-0.2, -0.15) is 9.50 Å². The number of fused-ring (bicyclic) bond motifs is 1. The Morgan fingerprint density at radius 2 is 2.11 bits per heavy atom. The van der Waals surface area contributed by atoms with Crippen LogP contribution in [0.15, 0.2) is 41.2 Å². The van der Waals surface area contributed by atoms with Gasteiger partial charge in [-0.05, 0) is 24.3 Å². The summed E-state index contributed by atoms with van der Waals surface area (Å²) in [5.74, 6) is 0.356. The summed E-state index contributed by atoms with van der Waals surface area (Å²) in [7, 11) is 1.73. The lowest BCUT2D eigenvalue weighted by Crippen LogP contribution is -2.34. The summed E-state index contributed by atoms with van der Waals surface area (Å²) in [5, 5.41) is 5.44. The molecule has 146 valence electrons. The molecule has 2 aromatic heterocycles. The molecule has 3 aromatic rings. The van der Waals surface area contributed by atoms with E-state index < -0.39 is 5.56 Å². The van der Waals surface area contributed by atoms with E-state index >= 15 is 0 Å². The number of hydrogen-bond acceptors (Lipinski definition) is 6. The Morgan fingerprint density at radius 3 is 2.86 bits per heavy atom. The second-order valence-corrected chi connectivity index (χ2v) is 8.33. The van der Waals surface area contributed by atoms with Crippen molar-refractivity contribution in [3.63, 3.8) is 0 Å². The number of aromatic nitrogens is 3. The van der Waals surface area contributed by atoms with E-state index in [4.69, 9.17) is 0 Å². The second-order valence-electron chi connectivity index (χ2n) is 7.40. The third kappa shape index (κ3) is 3.77. The minimum Gasteiger partial charge on any atom is -0.346 e. The van der Waals surface area contributed by atoms with Crippen molar-refractivity contribution in [2.75, 3.05) is 25.0 Å². The Labute approximate surface area is 167 Å². The quantitative estimate of drug-likeness (QED) is 0.677. The molecule has 8 heteroatoms. The molecule has 28 heavy (non-hydrogen) atoms. The fraction of sp³-hybridized carbons (Fsp3) is 0.400. The number of piperidine rings is 1. The number of anilines is 1. The average Bonchev–Trinajstić information content (AvgIpc) is 3.11. The van der Waals surface area contributed by atoms with Crippen LogP contribution >= 0.6 is 11.3 Å². The van der Waals surface area contributed by atoms with E-state index in [0.29, 0.717) is 17.4 Å². The summed E-state index contributed by atoms with van der Waals surface area (Å²) in [6, 6.07) is 11.0. The zero-order chi connectivity index (χ0) is 19.7. The maximum Gasteiger partial charge on any atom is 0.274 e. The highest BCUT2D eigenvalue weighted by Crippen LogP contribution is 2.27. The molecule has 0 unspecified atom stereocenters. The van der Waals surface area contributed by atoms with Gasteiger partial charge in [-0.1, -0.05) is 48.6 Å². The van der Waals surface area contributed by atoms with E-state index in [1.807, 2.05) is 30.3 Å². The number of carbonyl (C=O) groups excluding carboxylic acids is 1. The van der Waals surface area contributed by atoms with Crippen LogP contribution < -0.4 is 10.5 Å². The molecule has 0 bridgehead atoms. The molecule has 1 atom stereocenters. The molecule has 1 saturated heterocycles. The first kappa shape index (κ1) is 18.6. The van der Waals surface area contributed by atoms with Crippen molar-refractivity contribution in [2.24, 2.45) is 5.92 Å². The third-order valence-corrected chi connectivity index (χ3v) is 5.97. The van der Waals surface area contributed by atoms with Gasteiger partial charge in [0, 0.05) is 32.7 Å². The van der Waals surface area contributed by atoms with Crippen LogP contribution in [-0.2, 0) is 6.54 Å². The Balaban J connectivity index is 1.66. The molecule has 0 radical (unpaired) electrons. The number of carbonyl (C=O) groups is 1. The standard InChI is InChI=1S/C20H23N5O2S/c1-14-7-6-10-24(12-14)20-22-25-16(11-17(26)21-19(25)28-20)18(27)23(2)13-15-8-4-3-5-9-15/h3-5,8-9,11,14H,6-7,10,12-13H2,1-2H3/t14-/m1/s1. The number of hydrogen-bond donors (Lipinski definition) is 0. The Kier molecular flexibility index (Phi) is 5.13. The normalized spacial score (nSPS) is 17.1. The van der Waals surface area contributed by atoms with Crippen LogP contribution in [0.1, 0.15) is 35.8 Å². The van der Waals surface area contributed by atoms with Crippen LogP contribution in [0.4, 0.5) is 5.13 Å². The predicted octanol–water partition coefficient (Wildman–Crippen LogP) is 2.66.